The highest BCUT2D eigenvalue weighted by Crippen LogP contribution is 2.29. The first-order valence-electron chi connectivity index (χ1n) is 11.4. The molecular formula is C28H25N3O4S. The number of aromatic nitrogens is 1. The molecule has 182 valence electrons. The first kappa shape index (κ1) is 23.6. The Bertz CT molecular complexity index is 1690. The highest BCUT2D eigenvalue weighted by Gasteiger charge is 2.18. The van der Waals surface area contributed by atoms with Gasteiger partial charge in [-0.25, -0.2) is 13.2 Å². The number of fused-ring (bicyclic) bond motifs is 2. The molecule has 4 aromatic carbocycles. The minimum absolute atomic E-state index is 0.150. The van der Waals surface area contributed by atoms with E-state index in [4.69, 9.17) is 5.73 Å². The van der Waals surface area contributed by atoms with Crippen LogP contribution in [0.4, 0.5) is 5.69 Å². The number of nitrogens with two attached hydrogens (primary N) is 1. The van der Waals surface area contributed by atoms with Gasteiger partial charge in [0.25, 0.3) is 0 Å². The molecule has 4 N–H and O–H groups in total. The number of nitrogens with one attached hydrogen (secondary N) is 1. The fourth-order valence-electron chi connectivity index (χ4n) is 4.53. The summed E-state index contributed by atoms with van der Waals surface area (Å²) in [4.78, 5) is 12.1. The molecule has 0 aliphatic rings. The van der Waals surface area contributed by atoms with Crippen LogP contribution in [0.3, 0.4) is 0 Å². The minimum atomic E-state index is -3.67. The van der Waals surface area contributed by atoms with Crippen LogP contribution in [-0.4, -0.2) is 24.1 Å². The third kappa shape index (κ3) is 4.82. The predicted octanol–water partition coefficient (Wildman–Crippen LogP) is 4.94. The molecule has 0 bridgehead atoms. The smallest absolute Gasteiger partial charge is 0.352 e. The van der Waals surface area contributed by atoms with Crippen molar-refractivity contribution in [3.63, 3.8) is 0 Å². The summed E-state index contributed by atoms with van der Waals surface area (Å²) < 4.78 is 30.3. The van der Waals surface area contributed by atoms with Crippen molar-refractivity contribution in [3.05, 3.63) is 113 Å². The summed E-state index contributed by atoms with van der Waals surface area (Å²) in [5.74, 6) is -1.19. The summed E-state index contributed by atoms with van der Waals surface area (Å²) in [6.07, 6.45) is 0. The Morgan fingerprint density at radius 3 is 2.36 bits per heavy atom. The lowest BCUT2D eigenvalue weighted by molar-refractivity contribution is 0.0686. The van der Waals surface area contributed by atoms with Gasteiger partial charge in [0, 0.05) is 29.7 Å². The molecule has 0 radical (unpaired) electrons. The largest absolute Gasteiger partial charge is 0.477 e. The monoisotopic (exact) mass is 499 g/mol. The molecule has 1 heterocycles. The number of rotatable bonds is 8. The molecule has 0 unspecified atom stereocenters. The quantitative estimate of drug-likeness (QED) is 0.280. The lowest BCUT2D eigenvalue weighted by Crippen LogP contribution is -2.15. The zero-order valence-corrected chi connectivity index (χ0v) is 20.2. The summed E-state index contributed by atoms with van der Waals surface area (Å²) >= 11 is 0. The van der Waals surface area contributed by atoms with Crippen molar-refractivity contribution in [2.45, 2.75) is 18.8 Å². The van der Waals surface area contributed by atoms with E-state index in [1.54, 1.807) is 47.0 Å². The third-order valence-corrected chi connectivity index (χ3v) is 7.43. The van der Waals surface area contributed by atoms with Gasteiger partial charge in [-0.1, -0.05) is 66.7 Å². The fourth-order valence-corrected chi connectivity index (χ4v) is 5.71. The number of sulfonamides is 1. The van der Waals surface area contributed by atoms with Crippen molar-refractivity contribution < 1.29 is 18.3 Å². The van der Waals surface area contributed by atoms with E-state index < -0.39 is 16.0 Å². The molecule has 36 heavy (non-hydrogen) atoms. The number of carboxylic acids is 1. The van der Waals surface area contributed by atoms with E-state index in [1.165, 1.54) is 0 Å². The number of nitrogens with zero attached hydrogens (tertiary/aromatic N) is 1. The number of benzene rings is 4. The van der Waals surface area contributed by atoms with Crippen LogP contribution >= 0.6 is 0 Å². The second-order valence-electron chi connectivity index (χ2n) is 8.72. The van der Waals surface area contributed by atoms with Crippen LogP contribution in [0.25, 0.3) is 21.7 Å². The average molecular weight is 500 g/mol. The summed E-state index contributed by atoms with van der Waals surface area (Å²) in [5, 5.41) is 12.5. The predicted molar refractivity (Wildman–Crippen MR) is 143 cm³/mol. The van der Waals surface area contributed by atoms with E-state index in [2.05, 4.69) is 4.72 Å². The van der Waals surface area contributed by atoms with E-state index >= 15 is 0 Å². The molecule has 0 saturated heterocycles. The maximum Gasteiger partial charge on any atom is 0.352 e. The number of aromatic carboxylic acids is 1. The van der Waals surface area contributed by atoms with E-state index in [-0.39, 0.29) is 18.0 Å². The van der Waals surface area contributed by atoms with Gasteiger partial charge in [0.15, 0.2) is 0 Å². The van der Waals surface area contributed by atoms with Crippen molar-refractivity contribution in [3.8, 4) is 0 Å². The first-order valence-corrected chi connectivity index (χ1v) is 13.1. The number of hydrogen-bond acceptors (Lipinski definition) is 4. The third-order valence-electron chi connectivity index (χ3n) is 6.17. The zero-order chi connectivity index (χ0) is 25.3. The van der Waals surface area contributed by atoms with Crippen LogP contribution in [-0.2, 0) is 28.9 Å². The van der Waals surface area contributed by atoms with Gasteiger partial charge < -0.3 is 15.4 Å². The Morgan fingerprint density at radius 2 is 1.61 bits per heavy atom. The Kier molecular flexibility index (Phi) is 6.22. The van der Waals surface area contributed by atoms with Crippen LogP contribution in [0.2, 0.25) is 0 Å². The molecule has 0 aliphatic carbocycles. The maximum atomic E-state index is 12.9. The van der Waals surface area contributed by atoms with Crippen LogP contribution in [0, 0.1) is 0 Å². The molecule has 0 spiro atoms. The van der Waals surface area contributed by atoms with Gasteiger partial charge in [-0.05, 0) is 51.7 Å². The molecular weight excluding hydrogens is 474 g/mol. The number of carboxylic acid groups (broad SMARTS) is 1. The second-order valence-corrected chi connectivity index (χ2v) is 10.4. The number of carbonyl (C=O) groups is 1. The van der Waals surface area contributed by atoms with Gasteiger partial charge in [-0.3, -0.25) is 4.72 Å². The van der Waals surface area contributed by atoms with Crippen LogP contribution < -0.4 is 10.5 Å². The van der Waals surface area contributed by atoms with Crippen LogP contribution in [0.1, 0.15) is 27.2 Å². The molecule has 0 atom stereocenters. The molecule has 7 nitrogen and oxygen atoms in total. The van der Waals surface area contributed by atoms with Crippen LogP contribution in [0.15, 0.2) is 91.0 Å². The normalized spacial score (nSPS) is 11.7. The minimum Gasteiger partial charge on any atom is -0.477 e. The highest BCUT2D eigenvalue weighted by atomic mass is 32.2. The number of hydrogen-bond donors (Lipinski definition) is 3. The second kappa shape index (κ2) is 9.49. The highest BCUT2D eigenvalue weighted by molar-refractivity contribution is 7.91. The molecule has 1 aromatic heterocycles. The van der Waals surface area contributed by atoms with Crippen LogP contribution in [0.5, 0.6) is 0 Å². The van der Waals surface area contributed by atoms with Gasteiger partial charge in [0.05, 0.1) is 5.75 Å². The maximum absolute atomic E-state index is 12.9. The van der Waals surface area contributed by atoms with Gasteiger partial charge in [0.1, 0.15) is 5.69 Å². The summed E-state index contributed by atoms with van der Waals surface area (Å²) in [6.45, 7) is 0.582. The van der Waals surface area contributed by atoms with Crippen molar-refractivity contribution in [1.29, 1.82) is 0 Å². The average Bonchev–Trinajstić information content (AvgIpc) is 3.22. The lowest BCUT2D eigenvalue weighted by atomic mass is 10.0. The van der Waals surface area contributed by atoms with Crippen molar-refractivity contribution in [2.24, 2.45) is 5.73 Å². The van der Waals surface area contributed by atoms with Gasteiger partial charge >= 0.3 is 5.97 Å². The molecule has 0 amide bonds. The first-order chi connectivity index (χ1) is 17.3. The Morgan fingerprint density at radius 1 is 0.861 bits per heavy atom. The Balaban J connectivity index is 1.59. The van der Waals surface area contributed by atoms with Crippen molar-refractivity contribution in [2.75, 3.05) is 4.72 Å². The van der Waals surface area contributed by atoms with Gasteiger partial charge in [-0.2, -0.15) is 0 Å². The summed E-state index contributed by atoms with van der Waals surface area (Å²) in [5.41, 5.74) is 9.54. The van der Waals surface area contributed by atoms with Gasteiger partial charge in [0.2, 0.25) is 10.0 Å². The standard InChI is InChI=1S/C28H25N3O4S/c29-16-20-10-11-22-15-27(28(32)33)31(26(22)12-20)17-23-14-24(13-21-8-4-5-9-25(21)23)30-36(34,35)18-19-6-2-1-3-7-19/h1-15,30H,16-18,29H2,(H,32,33). The van der Waals surface area contributed by atoms with E-state index in [9.17, 15) is 18.3 Å². The van der Waals surface area contributed by atoms with Crippen molar-refractivity contribution >= 4 is 43.4 Å². The Labute approximate surface area is 208 Å². The molecule has 0 saturated carbocycles. The van der Waals surface area contributed by atoms with E-state index in [0.29, 0.717) is 17.8 Å². The summed E-state index contributed by atoms with van der Waals surface area (Å²) in [7, 11) is -3.67. The molecule has 5 rings (SSSR count). The molecule has 5 aromatic rings. The topological polar surface area (TPSA) is 114 Å². The lowest BCUT2D eigenvalue weighted by Gasteiger charge is -2.15. The molecule has 8 heteroatoms. The SMILES string of the molecule is NCc1ccc2cc(C(=O)O)n(Cc3cc(NS(=O)(=O)Cc4ccccc4)cc4ccccc34)c2c1. The van der Waals surface area contributed by atoms with Gasteiger partial charge in [-0.15, -0.1) is 0 Å². The molecule has 0 aliphatic heterocycles. The fraction of sp³-hybridized carbons (Fsp3) is 0.107. The summed E-state index contributed by atoms with van der Waals surface area (Å²) in [6, 6.07) is 27.5. The molecule has 0 fully saturated rings. The van der Waals surface area contributed by atoms with Crippen molar-refractivity contribution in [1.82, 2.24) is 4.57 Å². The Hall–Kier alpha value is -4.14. The van der Waals surface area contributed by atoms with E-state index in [0.717, 1.165) is 32.8 Å². The van der Waals surface area contributed by atoms with E-state index in [1.807, 2.05) is 48.5 Å². The number of anilines is 1. The zero-order valence-electron chi connectivity index (χ0n) is 19.4.